The molecule has 130 valence electrons. The number of hydrogen-bond donors (Lipinski definition) is 2. The van der Waals surface area contributed by atoms with Crippen LogP contribution in [-0.4, -0.2) is 54.0 Å². The number of benzene rings is 1. The lowest BCUT2D eigenvalue weighted by atomic mass is 10.2. The summed E-state index contributed by atoms with van der Waals surface area (Å²) in [7, 11) is -6.72. The first kappa shape index (κ1) is 19.6. The molecule has 0 saturated heterocycles. The molecule has 10 heteroatoms. The first-order valence-corrected chi connectivity index (χ1v) is 9.99. The molecule has 3 N–H and O–H groups in total. The van der Waals surface area contributed by atoms with Gasteiger partial charge in [0.05, 0.1) is 23.5 Å². The second-order valence-corrected chi connectivity index (χ2v) is 8.86. The Morgan fingerprint density at radius 3 is 2.26 bits per heavy atom. The third-order valence-corrected chi connectivity index (χ3v) is 6.15. The molecule has 0 aliphatic carbocycles. The average molecular weight is 364 g/mol. The van der Waals surface area contributed by atoms with E-state index in [2.05, 4.69) is 9.46 Å². The van der Waals surface area contributed by atoms with Crippen molar-refractivity contribution < 1.29 is 26.4 Å². The molecule has 1 aromatic rings. The van der Waals surface area contributed by atoms with Crippen LogP contribution in [0, 0.1) is 6.92 Å². The Morgan fingerprint density at radius 2 is 1.78 bits per heavy atom. The van der Waals surface area contributed by atoms with Gasteiger partial charge in [-0.15, -0.1) is 0 Å². The van der Waals surface area contributed by atoms with Gasteiger partial charge in [-0.05, 0) is 19.1 Å². The average Bonchev–Trinajstić information content (AvgIpc) is 2.45. The van der Waals surface area contributed by atoms with Crippen LogP contribution >= 0.6 is 0 Å². The van der Waals surface area contributed by atoms with Crippen molar-refractivity contribution in [3.8, 4) is 0 Å². The monoisotopic (exact) mass is 364 g/mol. The summed E-state index contributed by atoms with van der Waals surface area (Å²) in [5.74, 6) is -2.06. The van der Waals surface area contributed by atoms with Crippen molar-refractivity contribution in [3.05, 3.63) is 29.8 Å². The van der Waals surface area contributed by atoms with Crippen LogP contribution in [0.1, 0.15) is 5.56 Å². The highest BCUT2D eigenvalue weighted by molar-refractivity contribution is 7.91. The summed E-state index contributed by atoms with van der Waals surface area (Å²) in [6, 6.07) is 4.36. The van der Waals surface area contributed by atoms with E-state index in [0.29, 0.717) is 0 Å². The molecule has 1 aromatic carbocycles. The van der Waals surface area contributed by atoms with Crippen LogP contribution in [0.5, 0.6) is 0 Å². The first-order valence-electron chi connectivity index (χ1n) is 6.68. The number of nitrogens with one attached hydrogen (secondary N) is 1. The predicted octanol–water partition coefficient (Wildman–Crippen LogP) is -0.812. The number of rotatable bonds is 8. The van der Waals surface area contributed by atoms with Crippen LogP contribution in [0.15, 0.2) is 29.2 Å². The summed E-state index contributed by atoms with van der Waals surface area (Å²) in [6.07, 6.45) is 0. The fourth-order valence-corrected chi connectivity index (χ4v) is 4.33. The van der Waals surface area contributed by atoms with Crippen LogP contribution in [-0.2, 0) is 29.4 Å². The van der Waals surface area contributed by atoms with Crippen LogP contribution in [0.4, 0.5) is 0 Å². The highest BCUT2D eigenvalue weighted by Crippen LogP contribution is 2.11. The minimum absolute atomic E-state index is 0.0757. The zero-order valence-corrected chi connectivity index (χ0v) is 14.5. The molecule has 0 spiro atoms. The number of sulfonamides is 1. The molecule has 8 nitrogen and oxygen atoms in total. The summed E-state index contributed by atoms with van der Waals surface area (Å²) < 4.78 is 54.7. The Hall–Kier alpha value is -1.49. The highest BCUT2D eigenvalue weighted by Gasteiger charge is 2.30. The van der Waals surface area contributed by atoms with E-state index in [1.165, 1.54) is 12.1 Å². The maximum Gasteiger partial charge on any atom is 0.324 e. The number of carbonyl (C=O) groups excluding carboxylic acids is 1. The molecule has 0 fully saturated rings. The predicted molar refractivity (Wildman–Crippen MR) is 85.0 cm³/mol. The maximum absolute atomic E-state index is 12.3. The maximum atomic E-state index is 12.3. The SMILES string of the molecule is COC(=O)[C@H](CS(=O)(=O)CCN)NS(=O)(=O)c1ccc(C)cc1. The molecule has 0 heterocycles. The van der Waals surface area contributed by atoms with E-state index in [-0.39, 0.29) is 17.2 Å². The molecule has 0 aromatic heterocycles. The summed E-state index contributed by atoms with van der Waals surface area (Å²) in [6.45, 7) is 1.67. The summed E-state index contributed by atoms with van der Waals surface area (Å²) in [5.41, 5.74) is 6.06. The Labute approximate surface area is 136 Å². The number of methoxy groups -OCH3 is 1. The first-order chi connectivity index (χ1) is 10.6. The van der Waals surface area contributed by atoms with Crippen LogP contribution < -0.4 is 10.5 Å². The molecule has 0 bridgehead atoms. The highest BCUT2D eigenvalue weighted by atomic mass is 32.2. The third-order valence-electron chi connectivity index (χ3n) is 2.96. The molecule has 1 atom stereocenters. The largest absolute Gasteiger partial charge is 0.468 e. The van der Waals surface area contributed by atoms with Crippen molar-refractivity contribution in [2.24, 2.45) is 5.73 Å². The Morgan fingerprint density at radius 1 is 1.22 bits per heavy atom. The third kappa shape index (κ3) is 5.90. The van der Waals surface area contributed by atoms with Crippen molar-refractivity contribution >= 4 is 25.8 Å². The van der Waals surface area contributed by atoms with Gasteiger partial charge < -0.3 is 10.5 Å². The van der Waals surface area contributed by atoms with E-state index in [9.17, 15) is 21.6 Å². The molecule has 1 rings (SSSR count). The van der Waals surface area contributed by atoms with Gasteiger partial charge in [0.15, 0.2) is 9.84 Å². The standard InChI is InChI=1S/C13H20N2O6S2/c1-10-3-5-11(6-4-10)23(19,20)15-12(13(16)21-2)9-22(17,18)8-7-14/h3-6,12,15H,7-9,14H2,1-2H3/t12-/m0/s1. The smallest absolute Gasteiger partial charge is 0.324 e. The van der Waals surface area contributed by atoms with E-state index < -0.39 is 37.6 Å². The summed E-state index contributed by atoms with van der Waals surface area (Å²) in [5, 5.41) is 0. The van der Waals surface area contributed by atoms with Gasteiger partial charge in [0.25, 0.3) is 0 Å². The van der Waals surface area contributed by atoms with Crippen molar-refractivity contribution in [1.29, 1.82) is 0 Å². The van der Waals surface area contributed by atoms with Crippen molar-refractivity contribution in [3.63, 3.8) is 0 Å². The van der Waals surface area contributed by atoms with Crippen LogP contribution in [0.2, 0.25) is 0 Å². The zero-order chi connectivity index (χ0) is 17.7. The number of esters is 1. The van der Waals surface area contributed by atoms with Gasteiger partial charge in [-0.1, -0.05) is 17.7 Å². The second kappa shape index (κ2) is 7.86. The number of nitrogens with two attached hydrogens (primary N) is 1. The van der Waals surface area contributed by atoms with Gasteiger partial charge in [0, 0.05) is 6.54 Å². The molecular formula is C13H20N2O6S2. The molecule has 23 heavy (non-hydrogen) atoms. The van der Waals surface area contributed by atoms with Gasteiger partial charge in [-0.3, -0.25) is 4.79 Å². The van der Waals surface area contributed by atoms with E-state index in [1.54, 1.807) is 19.1 Å². The van der Waals surface area contributed by atoms with Gasteiger partial charge in [0.1, 0.15) is 6.04 Å². The van der Waals surface area contributed by atoms with E-state index >= 15 is 0 Å². The van der Waals surface area contributed by atoms with Crippen LogP contribution in [0.3, 0.4) is 0 Å². The molecule has 0 amide bonds. The minimum Gasteiger partial charge on any atom is -0.468 e. The molecular weight excluding hydrogens is 344 g/mol. The van der Waals surface area contributed by atoms with Crippen molar-refractivity contribution in [1.82, 2.24) is 4.72 Å². The quantitative estimate of drug-likeness (QED) is 0.576. The summed E-state index contributed by atoms with van der Waals surface area (Å²) >= 11 is 0. The van der Waals surface area contributed by atoms with Crippen LogP contribution in [0.25, 0.3) is 0 Å². The van der Waals surface area contributed by atoms with Gasteiger partial charge >= 0.3 is 5.97 Å². The number of ether oxygens (including phenoxy) is 1. The molecule has 0 radical (unpaired) electrons. The Bertz CT molecular complexity index is 741. The normalized spacial score (nSPS) is 13.5. The lowest BCUT2D eigenvalue weighted by molar-refractivity contribution is -0.142. The fraction of sp³-hybridized carbons (Fsp3) is 0.462. The molecule has 0 aliphatic heterocycles. The number of hydrogen-bond acceptors (Lipinski definition) is 7. The topological polar surface area (TPSA) is 133 Å². The Balaban J connectivity index is 3.05. The van der Waals surface area contributed by atoms with Gasteiger partial charge in [-0.25, -0.2) is 16.8 Å². The molecule has 0 aliphatic rings. The minimum atomic E-state index is -4.07. The number of carbonyl (C=O) groups is 1. The van der Waals surface area contributed by atoms with Gasteiger partial charge in [0.2, 0.25) is 10.0 Å². The van der Waals surface area contributed by atoms with Crippen molar-refractivity contribution in [2.75, 3.05) is 25.2 Å². The van der Waals surface area contributed by atoms with Gasteiger partial charge in [-0.2, -0.15) is 4.72 Å². The number of aryl methyl sites for hydroxylation is 1. The fourth-order valence-electron chi connectivity index (χ4n) is 1.78. The lowest BCUT2D eigenvalue weighted by Gasteiger charge is -2.16. The van der Waals surface area contributed by atoms with E-state index in [4.69, 9.17) is 5.73 Å². The second-order valence-electron chi connectivity index (χ2n) is 4.91. The zero-order valence-electron chi connectivity index (χ0n) is 12.9. The number of sulfone groups is 1. The lowest BCUT2D eigenvalue weighted by Crippen LogP contribution is -2.46. The summed E-state index contributed by atoms with van der Waals surface area (Å²) in [4.78, 5) is 11.6. The van der Waals surface area contributed by atoms with E-state index in [1.807, 2.05) is 0 Å². The molecule has 0 unspecified atom stereocenters. The van der Waals surface area contributed by atoms with E-state index in [0.717, 1.165) is 12.7 Å². The Kier molecular flexibility index (Phi) is 6.69. The van der Waals surface area contributed by atoms with Crippen molar-refractivity contribution in [2.45, 2.75) is 17.9 Å². The molecule has 0 saturated carbocycles.